The molecule has 0 bridgehead atoms. The van der Waals surface area contributed by atoms with Gasteiger partial charge in [0.05, 0.1) is 19.8 Å². The van der Waals surface area contributed by atoms with Crippen molar-refractivity contribution in [1.82, 2.24) is 10.6 Å². The molecule has 0 saturated heterocycles. The number of guanidine groups is 1. The van der Waals surface area contributed by atoms with Crippen LogP contribution < -0.4 is 10.6 Å². The van der Waals surface area contributed by atoms with Gasteiger partial charge < -0.3 is 15.4 Å². The van der Waals surface area contributed by atoms with Crippen LogP contribution in [0, 0.1) is 0 Å². The highest BCUT2D eigenvalue weighted by molar-refractivity contribution is 14.0. The summed E-state index contributed by atoms with van der Waals surface area (Å²) < 4.78 is 5.34. The maximum Gasteiger partial charge on any atom is 0.191 e. The van der Waals surface area contributed by atoms with Gasteiger partial charge in [0.1, 0.15) is 0 Å². The van der Waals surface area contributed by atoms with Gasteiger partial charge in [-0.15, -0.1) is 24.0 Å². The van der Waals surface area contributed by atoms with Crippen molar-refractivity contribution in [3.63, 3.8) is 0 Å². The summed E-state index contributed by atoms with van der Waals surface area (Å²) in [6.45, 7) is 13.5. The van der Waals surface area contributed by atoms with Gasteiger partial charge in [-0.05, 0) is 20.8 Å². The minimum atomic E-state index is 0. The number of ether oxygens (including phenoxy) is 1. The van der Waals surface area contributed by atoms with Gasteiger partial charge in [0, 0.05) is 13.1 Å². The summed E-state index contributed by atoms with van der Waals surface area (Å²) in [5.74, 6) is 0.846. The summed E-state index contributed by atoms with van der Waals surface area (Å²) in [5, 5.41) is 6.30. The summed E-state index contributed by atoms with van der Waals surface area (Å²) in [6, 6.07) is 0. The molecule has 0 spiro atoms. The molecule has 0 aromatic rings. The Bertz CT molecular complexity index is 199. The van der Waals surface area contributed by atoms with Gasteiger partial charge >= 0.3 is 0 Å². The minimum Gasteiger partial charge on any atom is -0.375 e. The SMILES string of the molecule is C=C(C)COCCN=C(NCC)NCC.I. The fourth-order valence-electron chi connectivity index (χ4n) is 0.978. The van der Waals surface area contributed by atoms with E-state index in [0.29, 0.717) is 19.8 Å². The van der Waals surface area contributed by atoms with Crippen molar-refractivity contribution in [2.45, 2.75) is 20.8 Å². The number of nitrogens with one attached hydrogen (secondary N) is 2. The van der Waals surface area contributed by atoms with E-state index in [1.807, 2.05) is 20.8 Å². The maximum absolute atomic E-state index is 5.34. The monoisotopic (exact) mass is 341 g/mol. The Balaban J connectivity index is 0. The molecule has 0 aliphatic heterocycles. The first-order valence-electron chi connectivity index (χ1n) is 5.45. The van der Waals surface area contributed by atoms with Gasteiger partial charge in [-0.2, -0.15) is 0 Å². The van der Waals surface area contributed by atoms with Crippen LogP contribution in [-0.4, -0.2) is 38.8 Å². The van der Waals surface area contributed by atoms with Crippen LogP contribution in [0.2, 0.25) is 0 Å². The van der Waals surface area contributed by atoms with Crippen molar-refractivity contribution >= 4 is 29.9 Å². The van der Waals surface area contributed by atoms with Crippen molar-refractivity contribution in [3.8, 4) is 0 Å². The lowest BCUT2D eigenvalue weighted by atomic mass is 10.4. The highest BCUT2D eigenvalue weighted by Crippen LogP contribution is 1.87. The predicted molar refractivity (Wildman–Crippen MR) is 80.7 cm³/mol. The summed E-state index contributed by atoms with van der Waals surface area (Å²) in [7, 11) is 0. The average Bonchev–Trinajstić information content (AvgIpc) is 2.17. The molecule has 16 heavy (non-hydrogen) atoms. The Morgan fingerprint density at radius 2 is 1.81 bits per heavy atom. The van der Waals surface area contributed by atoms with E-state index in [1.54, 1.807) is 0 Å². The van der Waals surface area contributed by atoms with Crippen LogP contribution in [0.4, 0.5) is 0 Å². The molecule has 4 nitrogen and oxygen atoms in total. The topological polar surface area (TPSA) is 45.6 Å². The molecule has 96 valence electrons. The number of rotatable bonds is 7. The number of hydrogen-bond donors (Lipinski definition) is 2. The van der Waals surface area contributed by atoms with Gasteiger partial charge in [-0.3, -0.25) is 4.99 Å². The third-order valence-electron chi connectivity index (χ3n) is 1.54. The molecule has 0 heterocycles. The zero-order valence-corrected chi connectivity index (χ0v) is 12.8. The van der Waals surface area contributed by atoms with Gasteiger partial charge in [-0.25, -0.2) is 0 Å². The maximum atomic E-state index is 5.34. The van der Waals surface area contributed by atoms with E-state index in [9.17, 15) is 0 Å². The van der Waals surface area contributed by atoms with Crippen LogP contribution in [0.3, 0.4) is 0 Å². The minimum absolute atomic E-state index is 0. The van der Waals surface area contributed by atoms with Gasteiger partial charge in [0.2, 0.25) is 0 Å². The standard InChI is InChI=1S/C11H23N3O.HI/c1-5-12-11(13-6-2)14-7-8-15-9-10(3)4;/h3,5-9H2,1-2,4H3,(H2,12,13,14);1H. The summed E-state index contributed by atoms with van der Waals surface area (Å²) in [5.41, 5.74) is 1.04. The van der Waals surface area contributed by atoms with Crippen molar-refractivity contribution < 1.29 is 4.74 Å². The number of aliphatic imine (C=N–C) groups is 1. The average molecular weight is 341 g/mol. The van der Waals surface area contributed by atoms with E-state index in [0.717, 1.165) is 24.6 Å². The Morgan fingerprint density at radius 3 is 2.25 bits per heavy atom. The van der Waals surface area contributed by atoms with Crippen molar-refractivity contribution in [1.29, 1.82) is 0 Å². The summed E-state index contributed by atoms with van der Waals surface area (Å²) in [4.78, 5) is 4.34. The highest BCUT2D eigenvalue weighted by Gasteiger charge is 1.93. The Labute approximate surface area is 116 Å². The summed E-state index contributed by atoms with van der Waals surface area (Å²) >= 11 is 0. The first-order valence-corrected chi connectivity index (χ1v) is 5.45. The van der Waals surface area contributed by atoms with Crippen LogP contribution in [0.15, 0.2) is 17.1 Å². The molecule has 2 N–H and O–H groups in total. The van der Waals surface area contributed by atoms with Gasteiger partial charge in [0.25, 0.3) is 0 Å². The molecule has 0 radical (unpaired) electrons. The zero-order chi connectivity index (χ0) is 11.5. The smallest absolute Gasteiger partial charge is 0.191 e. The molecule has 0 atom stereocenters. The second-order valence-electron chi connectivity index (χ2n) is 3.30. The van der Waals surface area contributed by atoms with E-state index < -0.39 is 0 Å². The predicted octanol–water partition coefficient (Wildman–Crippen LogP) is 1.77. The molecule has 0 aromatic heterocycles. The van der Waals surface area contributed by atoms with E-state index in [-0.39, 0.29) is 24.0 Å². The molecular weight excluding hydrogens is 317 g/mol. The van der Waals surface area contributed by atoms with E-state index >= 15 is 0 Å². The molecule has 0 saturated carbocycles. The second-order valence-corrected chi connectivity index (χ2v) is 3.30. The largest absolute Gasteiger partial charge is 0.375 e. The molecule has 5 heteroatoms. The normalized spacial score (nSPS) is 8.94. The zero-order valence-electron chi connectivity index (χ0n) is 10.5. The Morgan fingerprint density at radius 1 is 1.25 bits per heavy atom. The van der Waals surface area contributed by atoms with Crippen molar-refractivity contribution in [2.24, 2.45) is 4.99 Å². The van der Waals surface area contributed by atoms with Crippen LogP contribution in [0.1, 0.15) is 20.8 Å². The lowest BCUT2D eigenvalue weighted by molar-refractivity contribution is 0.164. The van der Waals surface area contributed by atoms with Gasteiger partial charge in [-0.1, -0.05) is 12.2 Å². The molecule has 0 unspecified atom stereocenters. The Kier molecular flexibility index (Phi) is 14.4. The molecule has 0 aliphatic rings. The fourth-order valence-corrected chi connectivity index (χ4v) is 0.978. The second kappa shape index (κ2) is 12.8. The third kappa shape index (κ3) is 11.8. The first-order chi connectivity index (χ1) is 7.20. The quantitative estimate of drug-likeness (QED) is 0.244. The van der Waals surface area contributed by atoms with Crippen LogP contribution >= 0.6 is 24.0 Å². The molecular formula is C11H24IN3O. The number of hydrogen-bond acceptors (Lipinski definition) is 2. The highest BCUT2D eigenvalue weighted by atomic mass is 127. The molecule has 0 aliphatic carbocycles. The molecule has 0 rings (SSSR count). The number of nitrogens with zero attached hydrogens (tertiary/aromatic N) is 1. The van der Waals surface area contributed by atoms with Crippen LogP contribution in [0.25, 0.3) is 0 Å². The molecule has 0 fully saturated rings. The van der Waals surface area contributed by atoms with Gasteiger partial charge in [0.15, 0.2) is 5.96 Å². The van der Waals surface area contributed by atoms with Crippen molar-refractivity contribution in [2.75, 3.05) is 32.8 Å². The lowest BCUT2D eigenvalue weighted by Crippen LogP contribution is -2.37. The van der Waals surface area contributed by atoms with Crippen molar-refractivity contribution in [3.05, 3.63) is 12.2 Å². The Hall–Kier alpha value is -0.300. The van der Waals surface area contributed by atoms with Crippen LogP contribution in [-0.2, 0) is 4.74 Å². The molecule has 0 amide bonds. The van der Waals surface area contributed by atoms with E-state index in [1.165, 1.54) is 0 Å². The molecule has 0 aromatic carbocycles. The third-order valence-corrected chi connectivity index (χ3v) is 1.54. The van der Waals surface area contributed by atoms with Crippen LogP contribution in [0.5, 0.6) is 0 Å². The number of halogens is 1. The lowest BCUT2D eigenvalue weighted by Gasteiger charge is -2.09. The van der Waals surface area contributed by atoms with E-state index in [2.05, 4.69) is 22.2 Å². The fraction of sp³-hybridized carbons (Fsp3) is 0.727. The van der Waals surface area contributed by atoms with E-state index in [4.69, 9.17) is 4.74 Å². The summed E-state index contributed by atoms with van der Waals surface area (Å²) in [6.07, 6.45) is 0. The first kappa shape index (κ1) is 18.1.